The van der Waals surface area contributed by atoms with Gasteiger partial charge in [0.1, 0.15) is 6.04 Å². The zero-order chi connectivity index (χ0) is 14.0. The van der Waals surface area contributed by atoms with Crippen molar-refractivity contribution in [2.45, 2.75) is 17.7 Å². The number of carbonyl (C=O) groups is 2. The van der Waals surface area contributed by atoms with Crippen LogP contribution in [0.2, 0.25) is 0 Å². The second kappa shape index (κ2) is 5.92. The number of rotatable bonds is 4. The SMILES string of the molecule is O=C(O)C1CSCN1C(=O)CSC1CCS(=O)(=O)C1. The second-order valence-electron chi connectivity index (χ2n) is 4.55. The Morgan fingerprint density at radius 3 is 2.74 bits per heavy atom. The third-order valence-corrected chi connectivity index (χ3v) is 7.40. The van der Waals surface area contributed by atoms with Crippen molar-refractivity contribution in [2.24, 2.45) is 0 Å². The predicted molar refractivity (Wildman–Crippen MR) is 75.1 cm³/mol. The van der Waals surface area contributed by atoms with Crippen LogP contribution in [0.4, 0.5) is 0 Å². The van der Waals surface area contributed by atoms with Gasteiger partial charge in [-0.3, -0.25) is 4.79 Å². The molecule has 1 N–H and O–H groups in total. The van der Waals surface area contributed by atoms with E-state index in [0.29, 0.717) is 18.1 Å². The molecule has 0 bridgehead atoms. The molecule has 2 atom stereocenters. The van der Waals surface area contributed by atoms with E-state index in [-0.39, 0.29) is 28.4 Å². The number of carboxylic acid groups (broad SMARTS) is 1. The highest BCUT2D eigenvalue weighted by atomic mass is 32.2. The lowest BCUT2D eigenvalue weighted by molar-refractivity contribution is -0.146. The van der Waals surface area contributed by atoms with Gasteiger partial charge in [-0.1, -0.05) is 0 Å². The van der Waals surface area contributed by atoms with Gasteiger partial charge in [-0.15, -0.1) is 23.5 Å². The minimum absolute atomic E-state index is 0.0347. The molecule has 0 radical (unpaired) electrons. The Morgan fingerprint density at radius 2 is 2.16 bits per heavy atom. The van der Waals surface area contributed by atoms with Gasteiger partial charge in [0.05, 0.1) is 23.1 Å². The van der Waals surface area contributed by atoms with Gasteiger partial charge < -0.3 is 10.0 Å². The molecule has 108 valence electrons. The molecule has 2 heterocycles. The molecule has 19 heavy (non-hydrogen) atoms. The van der Waals surface area contributed by atoms with Crippen molar-refractivity contribution in [3.63, 3.8) is 0 Å². The summed E-state index contributed by atoms with van der Waals surface area (Å²) < 4.78 is 22.6. The monoisotopic (exact) mass is 325 g/mol. The summed E-state index contributed by atoms with van der Waals surface area (Å²) in [6.45, 7) is 0. The van der Waals surface area contributed by atoms with Crippen molar-refractivity contribution < 1.29 is 23.1 Å². The molecule has 6 nitrogen and oxygen atoms in total. The number of amides is 1. The van der Waals surface area contributed by atoms with Gasteiger partial charge in [-0.05, 0) is 6.42 Å². The van der Waals surface area contributed by atoms with Gasteiger partial charge in [-0.25, -0.2) is 13.2 Å². The summed E-state index contributed by atoms with van der Waals surface area (Å²) in [6.07, 6.45) is 0.581. The van der Waals surface area contributed by atoms with E-state index < -0.39 is 21.8 Å². The largest absolute Gasteiger partial charge is 0.480 e. The molecular weight excluding hydrogens is 310 g/mol. The Balaban J connectivity index is 1.83. The summed E-state index contributed by atoms with van der Waals surface area (Å²) in [4.78, 5) is 24.3. The second-order valence-corrected chi connectivity index (χ2v) is 9.07. The highest BCUT2D eigenvalue weighted by Gasteiger charge is 2.35. The average Bonchev–Trinajstić information content (AvgIpc) is 2.92. The molecular formula is C10H15NO5S3. The molecule has 2 unspecified atom stereocenters. The van der Waals surface area contributed by atoms with E-state index >= 15 is 0 Å². The zero-order valence-electron chi connectivity index (χ0n) is 10.1. The molecule has 1 amide bonds. The van der Waals surface area contributed by atoms with Crippen LogP contribution in [0.5, 0.6) is 0 Å². The molecule has 0 spiro atoms. The molecule has 0 aliphatic carbocycles. The lowest BCUT2D eigenvalue weighted by atomic mass is 10.3. The van der Waals surface area contributed by atoms with Gasteiger partial charge in [-0.2, -0.15) is 0 Å². The summed E-state index contributed by atoms with van der Waals surface area (Å²) >= 11 is 2.75. The first-order valence-corrected chi connectivity index (χ1v) is 9.83. The third kappa shape index (κ3) is 3.79. The Kier molecular flexibility index (Phi) is 4.67. The number of aliphatic carboxylic acids is 1. The van der Waals surface area contributed by atoms with Gasteiger partial charge in [0, 0.05) is 11.0 Å². The van der Waals surface area contributed by atoms with Crippen LogP contribution in [0.3, 0.4) is 0 Å². The molecule has 2 aliphatic rings. The Morgan fingerprint density at radius 1 is 1.42 bits per heavy atom. The third-order valence-electron chi connectivity index (χ3n) is 3.12. The first-order valence-electron chi connectivity index (χ1n) is 5.81. The van der Waals surface area contributed by atoms with Crippen LogP contribution in [-0.2, 0) is 19.4 Å². The van der Waals surface area contributed by atoms with E-state index in [2.05, 4.69) is 0 Å². The smallest absolute Gasteiger partial charge is 0.327 e. The van der Waals surface area contributed by atoms with Crippen LogP contribution >= 0.6 is 23.5 Å². The minimum atomic E-state index is -2.93. The summed E-state index contributed by atoms with van der Waals surface area (Å²) in [5.41, 5.74) is 0. The highest BCUT2D eigenvalue weighted by Crippen LogP contribution is 2.26. The van der Waals surface area contributed by atoms with Crippen molar-refractivity contribution in [1.82, 2.24) is 4.90 Å². The number of carbonyl (C=O) groups excluding carboxylic acids is 1. The van der Waals surface area contributed by atoms with Crippen LogP contribution < -0.4 is 0 Å². The maximum absolute atomic E-state index is 12.0. The lowest BCUT2D eigenvalue weighted by Crippen LogP contribution is -2.42. The van der Waals surface area contributed by atoms with E-state index in [4.69, 9.17) is 5.11 Å². The summed E-state index contributed by atoms with van der Waals surface area (Å²) in [5.74, 6) is 0.101. The highest BCUT2D eigenvalue weighted by molar-refractivity contribution is 8.02. The summed E-state index contributed by atoms with van der Waals surface area (Å²) in [7, 11) is -2.93. The van der Waals surface area contributed by atoms with Crippen molar-refractivity contribution in [2.75, 3.05) is 28.9 Å². The Labute approximate surface area is 120 Å². The molecule has 2 fully saturated rings. The molecule has 2 saturated heterocycles. The Bertz CT molecular complexity index is 478. The average molecular weight is 325 g/mol. The lowest BCUT2D eigenvalue weighted by Gasteiger charge is -2.20. The van der Waals surface area contributed by atoms with Crippen LogP contribution in [0.1, 0.15) is 6.42 Å². The van der Waals surface area contributed by atoms with Gasteiger partial charge in [0.15, 0.2) is 9.84 Å². The molecule has 2 rings (SSSR count). The van der Waals surface area contributed by atoms with E-state index in [0.717, 1.165) is 0 Å². The number of carboxylic acids is 1. The van der Waals surface area contributed by atoms with E-state index in [1.165, 1.54) is 28.4 Å². The van der Waals surface area contributed by atoms with E-state index in [1.54, 1.807) is 0 Å². The minimum Gasteiger partial charge on any atom is -0.480 e. The number of sulfone groups is 1. The van der Waals surface area contributed by atoms with Gasteiger partial charge in [0.25, 0.3) is 0 Å². The van der Waals surface area contributed by atoms with Crippen molar-refractivity contribution in [1.29, 1.82) is 0 Å². The fourth-order valence-corrected chi connectivity index (χ4v) is 6.76. The predicted octanol–water partition coefficient (Wildman–Crippen LogP) is -0.107. The van der Waals surface area contributed by atoms with Crippen LogP contribution in [0, 0.1) is 0 Å². The standard InChI is InChI=1S/C10H15NO5S3/c12-9(11-6-17-3-8(11)10(13)14)4-18-7-1-2-19(15,16)5-7/h7-8H,1-6H2,(H,13,14). The van der Waals surface area contributed by atoms with Crippen LogP contribution in [-0.4, -0.2) is 70.5 Å². The number of hydrogen-bond donors (Lipinski definition) is 1. The molecule has 0 saturated carbocycles. The number of hydrogen-bond acceptors (Lipinski definition) is 6. The maximum atomic E-state index is 12.0. The molecule has 9 heteroatoms. The van der Waals surface area contributed by atoms with Crippen molar-refractivity contribution >= 4 is 45.2 Å². The fourth-order valence-electron chi connectivity index (χ4n) is 2.06. The first kappa shape index (κ1) is 15.0. The summed E-state index contributed by atoms with van der Waals surface area (Å²) in [5, 5.41) is 8.95. The number of nitrogens with zero attached hydrogens (tertiary/aromatic N) is 1. The number of thioether (sulfide) groups is 2. The van der Waals surface area contributed by atoms with Gasteiger partial charge in [0.2, 0.25) is 5.91 Å². The van der Waals surface area contributed by atoms with Crippen molar-refractivity contribution in [3.8, 4) is 0 Å². The summed E-state index contributed by atoms with van der Waals surface area (Å²) in [6, 6.07) is -0.745. The van der Waals surface area contributed by atoms with Crippen molar-refractivity contribution in [3.05, 3.63) is 0 Å². The fraction of sp³-hybridized carbons (Fsp3) is 0.800. The molecule has 0 aromatic rings. The van der Waals surface area contributed by atoms with E-state index in [9.17, 15) is 18.0 Å². The topological polar surface area (TPSA) is 91.8 Å². The first-order chi connectivity index (χ1) is 8.89. The van der Waals surface area contributed by atoms with Crippen LogP contribution in [0.15, 0.2) is 0 Å². The molecule has 0 aromatic carbocycles. The quantitative estimate of drug-likeness (QED) is 0.771. The van der Waals surface area contributed by atoms with Crippen LogP contribution in [0.25, 0.3) is 0 Å². The molecule has 2 aliphatic heterocycles. The zero-order valence-corrected chi connectivity index (χ0v) is 12.6. The normalized spacial score (nSPS) is 29.6. The van der Waals surface area contributed by atoms with Gasteiger partial charge >= 0.3 is 5.97 Å². The molecule has 0 aromatic heterocycles. The Hall–Kier alpha value is -0.410. The maximum Gasteiger partial charge on any atom is 0.327 e. The van der Waals surface area contributed by atoms with E-state index in [1.807, 2.05) is 0 Å².